The molecule has 1 rings (SSSR count). The molecule has 1 atom stereocenters. The van der Waals surface area contributed by atoms with Crippen LogP contribution >= 0.6 is 0 Å². The van der Waals surface area contributed by atoms with Crippen molar-refractivity contribution in [3.63, 3.8) is 0 Å². The molecule has 0 bridgehead atoms. The average molecular weight is 346 g/mol. The SMILES string of the molecule is CC=C(C)C(=O)OC1=C(C)C(=O)C(O)=C(C(C)CCC=C(C)C)C1=O. The molecule has 0 aromatic carbocycles. The minimum Gasteiger partial charge on any atom is -0.504 e. The number of hydrogen-bond acceptors (Lipinski definition) is 5. The van der Waals surface area contributed by atoms with Crippen LogP contribution in [0.25, 0.3) is 0 Å². The van der Waals surface area contributed by atoms with E-state index in [1.165, 1.54) is 6.92 Å². The van der Waals surface area contributed by atoms with Crippen molar-refractivity contribution in [2.24, 2.45) is 5.92 Å². The first-order valence-electron chi connectivity index (χ1n) is 8.33. The van der Waals surface area contributed by atoms with Gasteiger partial charge in [0.1, 0.15) is 0 Å². The van der Waals surface area contributed by atoms with Crippen LogP contribution in [0, 0.1) is 5.92 Å². The summed E-state index contributed by atoms with van der Waals surface area (Å²) in [5.74, 6) is -3.14. The van der Waals surface area contributed by atoms with E-state index < -0.39 is 23.3 Å². The van der Waals surface area contributed by atoms with Crippen LogP contribution in [0.4, 0.5) is 0 Å². The Hall–Kier alpha value is -2.43. The Morgan fingerprint density at radius 3 is 2.32 bits per heavy atom. The molecule has 0 spiro atoms. The number of aliphatic hydroxyl groups excluding tert-OH is 1. The molecule has 0 aromatic rings. The van der Waals surface area contributed by atoms with Gasteiger partial charge in [-0.1, -0.05) is 24.6 Å². The highest BCUT2D eigenvalue weighted by atomic mass is 16.5. The lowest BCUT2D eigenvalue weighted by atomic mass is 9.84. The van der Waals surface area contributed by atoms with Crippen LogP contribution in [0.15, 0.2) is 46.0 Å². The molecule has 1 aliphatic rings. The molecule has 0 amide bonds. The summed E-state index contributed by atoms with van der Waals surface area (Å²) in [6.07, 6.45) is 4.90. The highest BCUT2D eigenvalue weighted by molar-refractivity contribution is 6.24. The molecule has 1 N–H and O–H groups in total. The van der Waals surface area contributed by atoms with Crippen molar-refractivity contribution in [2.75, 3.05) is 0 Å². The zero-order chi connectivity index (χ0) is 19.3. The van der Waals surface area contributed by atoms with Crippen molar-refractivity contribution in [3.05, 3.63) is 46.0 Å². The fourth-order valence-corrected chi connectivity index (χ4v) is 2.44. The highest BCUT2D eigenvalue weighted by Crippen LogP contribution is 2.31. The van der Waals surface area contributed by atoms with Crippen molar-refractivity contribution in [1.29, 1.82) is 0 Å². The van der Waals surface area contributed by atoms with Crippen molar-refractivity contribution < 1.29 is 24.2 Å². The number of Topliss-reactive ketones (excluding diaryl/α,β-unsaturated/α-hetero) is 2. The second kappa shape index (κ2) is 8.60. The lowest BCUT2D eigenvalue weighted by Crippen LogP contribution is -2.28. The van der Waals surface area contributed by atoms with Crippen LogP contribution in [0.2, 0.25) is 0 Å². The van der Waals surface area contributed by atoms with Crippen molar-refractivity contribution in [2.45, 2.75) is 54.4 Å². The Bertz CT molecular complexity index is 712. The smallest absolute Gasteiger partial charge is 0.338 e. The monoisotopic (exact) mass is 346 g/mol. The van der Waals surface area contributed by atoms with Gasteiger partial charge in [-0.2, -0.15) is 0 Å². The van der Waals surface area contributed by atoms with E-state index >= 15 is 0 Å². The molecule has 0 heterocycles. The van der Waals surface area contributed by atoms with Gasteiger partial charge < -0.3 is 9.84 Å². The van der Waals surface area contributed by atoms with Crippen LogP contribution < -0.4 is 0 Å². The Labute approximate surface area is 148 Å². The van der Waals surface area contributed by atoms with Gasteiger partial charge in [0.05, 0.1) is 5.57 Å². The number of carbonyl (C=O) groups excluding carboxylic acids is 3. The summed E-state index contributed by atoms with van der Waals surface area (Å²) in [5.41, 5.74) is 1.44. The van der Waals surface area contributed by atoms with Crippen LogP contribution in [0.3, 0.4) is 0 Å². The third kappa shape index (κ3) is 4.78. The van der Waals surface area contributed by atoms with Gasteiger partial charge in [0.25, 0.3) is 0 Å². The van der Waals surface area contributed by atoms with Crippen LogP contribution in [0.1, 0.15) is 54.4 Å². The van der Waals surface area contributed by atoms with Crippen LogP contribution in [0.5, 0.6) is 0 Å². The molecular weight excluding hydrogens is 320 g/mol. The molecule has 5 heteroatoms. The van der Waals surface area contributed by atoms with Gasteiger partial charge >= 0.3 is 5.97 Å². The van der Waals surface area contributed by atoms with Crippen molar-refractivity contribution in [1.82, 2.24) is 0 Å². The van der Waals surface area contributed by atoms with E-state index in [-0.39, 0.29) is 22.8 Å². The summed E-state index contributed by atoms with van der Waals surface area (Å²) in [6.45, 7) is 10.3. The van der Waals surface area contributed by atoms with E-state index in [9.17, 15) is 19.5 Å². The summed E-state index contributed by atoms with van der Waals surface area (Å²) >= 11 is 0. The molecule has 0 saturated carbocycles. The number of hydrogen-bond donors (Lipinski definition) is 1. The normalized spacial score (nSPS) is 17.0. The molecule has 5 nitrogen and oxygen atoms in total. The van der Waals surface area contributed by atoms with E-state index in [2.05, 4.69) is 0 Å². The largest absolute Gasteiger partial charge is 0.504 e. The fraction of sp³-hybridized carbons (Fsp3) is 0.450. The van der Waals surface area contributed by atoms with Gasteiger partial charge in [0, 0.05) is 11.1 Å². The highest BCUT2D eigenvalue weighted by Gasteiger charge is 2.37. The minimum atomic E-state index is -0.684. The van der Waals surface area contributed by atoms with Gasteiger partial charge in [-0.15, -0.1) is 0 Å². The third-order valence-electron chi connectivity index (χ3n) is 4.20. The molecule has 0 radical (unpaired) electrons. The quantitative estimate of drug-likeness (QED) is 0.339. The number of carbonyl (C=O) groups is 3. The zero-order valence-corrected chi connectivity index (χ0v) is 15.7. The van der Waals surface area contributed by atoms with Crippen LogP contribution in [-0.2, 0) is 19.1 Å². The predicted octanol–water partition coefficient (Wildman–Crippen LogP) is 4.12. The van der Waals surface area contributed by atoms with Gasteiger partial charge in [-0.25, -0.2) is 4.79 Å². The maximum absolute atomic E-state index is 12.7. The lowest BCUT2D eigenvalue weighted by Gasteiger charge is -2.22. The Morgan fingerprint density at radius 1 is 1.20 bits per heavy atom. The molecule has 136 valence electrons. The number of ether oxygens (including phenoxy) is 1. The summed E-state index contributed by atoms with van der Waals surface area (Å²) in [7, 11) is 0. The molecule has 25 heavy (non-hydrogen) atoms. The standard InChI is InChI=1S/C20H26O5/c1-7-12(4)20(24)25-19-14(6)16(21)17(22)15(18(19)23)13(5)10-8-9-11(2)3/h7,9,13,22H,8,10H2,1-6H3. The first kappa shape index (κ1) is 20.6. The van der Waals surface area contributed by atoms with Gasteiger partial charge in [-0.3, -0.25) is 9.59 Å². The van der Waals surface area contributed by atoms with E-state index in [0.717, 1.165) is 12.0 Å². The third-order valence-corrected chi connectivity index (χ3v) is 4.20. The molecule has 1 unspecified atom stereocenters. The van der Waals surface area contributed by atoms with Gasteiger partial charge in [0.2, 0.25) is 11.6 Å². The van der Waals surface area contributed by atoms with E-state index in [0.29, 0.717) is 12.0 Å². The summed E-state index contributed by atoms with van der Waals surface area (Å²) in [4.78, 5) is 37.0. The second-order valence-corrected chi connectivity index (χ2v) is 6.50. The predicted molar refractivity (Wildman–Crippen MR) is 95.7 cm³/mol. The maximum atomic E-state index is 12.7. The Kier molecular flexibility index (Phi) is 7.09. The number of ketones is 2. The Morgan fingerprint density at radius 2 is 1.80 bits per heavy atom. The van der Waals surface area contributed by atoms with E-state index in [1.807, 2.05) is 19.9 Å². The maximum Gasteiger partial charge on any atom is 0.338 e. The lowest BCUT2D eigenvalue weighted by molar-refractivity contribution is -0.138. The molecule has 0 aliphatic heterocycles. The molecule has 0 aromatic heterocycles. The summed E-state index contributed by atoms with van der Waals surface area (Å²) < 4.78 is 5.16. The minimum absolute atomic E-state index is 0.0127. The first-order valence-corrected chi connectivity index (χ1v) is 8.33. The fourth-order valence-electron chi connectivity index (χ4n) is 2.44. The number of esters is 1. The molecular formula is C20H26O5. The van der Waals surface area contributed by atoms with Crippen LogP contribution in [-0.4, -0.2) is 22.6 Å². The Balaban J connectivity index is 3.13. The number of aliphatic hydroxyl groups is 1. The first-order chi connectivity index (χ1) is 11.6. The number of allylic oxidation sites excluding steroid dienone is 5. The zero-order valence-electron chi connectivity index (χ0n) is 15.7. The summed E-state index contributed by atoms with van der Waals surface area (Å²) in [6, 6.07) is 0. The molecule has 0 fully saturated rings. The topological polar surface area (TPSA) is 80.7 Å². The van der Waals surface area contributed by atoms with E-state index in [4.69, 9.17) is 4.74 Å². The van der Waals surface area contributed by atoms with Crippen molar-refractivity contribution in [3.8, 4) is 0 Å². The second-order valence-electron chi connectivity index (χ2n) is 6.50. The number of rotatable bonds is 6. The van der Waals surface area contributed by atoms with Gasteiger partial charge in [0.15, 0.2) is 11.5 Å². The molecule has 0 saturated heterocycles. The van der Waals surface area contributed by atoms with Crippen molar-refractivity contribution >= 4 is 17.5 Å². The van der Waals surface area contributed by atoms with Gasteiger partial charge in [-0.05, 0) is 53.4 Å². The average Bonchev–Trinajstić information content (AvgIpc) is 2.55. The molecule has 1 aliphatic carbocycles. The van der Waals surface area contributed by atoms with E-state index in [1.54, 1.807) is 26.8 Å². The summed E-state index contributed by atoms with van der Waals surface area (Å²) in [5, 5.41) is 10.2.